The van der Waals surface area contributed by atoms with E-state index in [1.165, 1.54) is 29.4 Å². The van der Waals surface area contributed by atoms with E-state index < -0.39 is 11.2 Å². The molecule has 0 unspecified atom stereocenters. The van der Waals surface area contributed by atoms with Gasteiger partial charge in [0.05, 0.1) is 16.6 Å². The van der Waals surface area contributed by atoms with E-state index in [2.05, 4.69) is 25.9 Å². The van der Waals surface area contributed by atoms with Crippen LogP contribution in [0.3, 0.4) is 0 Å². The van der Waals surface area contributed by atoms with Crippen molar-refractivity contribution < 1.29 is 9.90 Å². The SMILES string of the molecule is CC[C@H](Sc1ncnc2scc(-c3ccc(Br)cc3)c12)C(=O)[O-]. The van der Waals surface area contributed by atoms with Crippen LogP contribution in [0.4, 0.5) is 0 Å². The molecule has 0 saturated carbocycles. The zero-order valence-electron chi connectivity index (χ0n) is 12.2. The number of carbonyl (C=O) groups excluding carboxylic acids is 1. The Balaban J connectivity index is 2.10. The van der Waals surface area contributed by atoms with Crippen LogP contribution in [0.1, 0.15) is 13.3 Å². The van der Waals surface area contributed by atoms with Crippen LogP contribution < -0.4 is 5.11 Å². The highest BCUT2D eigenvalue weighted by molar-refractivity contribution is 9.10. The highest BCUT2D eigenvalue weighted by Crippen LogP contribution is 2.39. The van der Waals surface area contributed by atoms with Crippen LogP contribution in [-0.2, 0) is 4.79 Å². The number of rotatable bonds is 5. The average molecular weight is 408 g/mol. The van der Waals surface area contributed by atoms with Gasteiger partial charge >= 0.3 is 0 Å². The van der Waals surface area contributed by atoms with E-state index in [0.717, 1.165) is 25.8 Å². The number of thiophene rings is 1. The van der Waals surface area contributed by atoms with E-state index in [-0.39, 0.29) is 0 Å². The fraction of sp³-hybridized carbons (Fsp3) is 0.188. The van der Waals surface area contributed by atoms with E-state index in [0.29, 0.717) is 11.4 Å². The Bertz CT molecular complexity index is 849. The van der Waals surface area contributed by atoms with Crippen LogP contribution in [0.15, 0.2) is 45.5 Å². The van der Waals surface area contributed by atoms with Gasteiger partial charge in [0.2, 0.25) is 0 Å². The molecule has 0 spiro atoms. The Kier molecular flexibility index (Phi) is 4.99. The van der Waals surface area contributed by atoms with Crippen molar-refractivity contribution >= 4 is 55.2 Å². The molecule has 0 bridgehead atoms. The van der Waals surface area contributed by atoms with Crippen LogP contribution in [0.25, 0.3) is 21.3 Å². The molecule has 3 rings (SSSR count). The number of carboxylic acid groups (broad SMARTS) is 1. The third kappa shape index (κ3) is 3.41. The van der Waals surface area contributed by atoms with Gasteiger partial charge in [0.1, 0.15) is 16.2 Å². The number of aliphatic carboxylic acids is 1. The second-order valence-corrected chi connectivity index (χ2v) is 7.81. The Morgan fingerprint density at radius 3 is 2.74 bits per heavy atom. The number of carboxylic acids is 1. The maximum atomic E-state index is 11.2. The number of hydrogen-bond donors (Lipinski definition) is 0. The van der Waals surface area contributed by atoms with Gasteiger partial charge in [-0.05, 0) is 24.1 Å². The van der Waals surface area contributed by atoms with Crippen LogP contribution in [0.5, 0.6) is 0 Å². The van der Waals surface area contributed by atoms with Crippen LogP contribution in [0, 0.1) is 0 Å². The van der Waals surface area contributed by atoms with Crippen molar-refractivity contribution in [3.63, 3.8) is 0 Å². The molecule has 0 fully saturated rings. The maximum Gasteiger partial charge on any atom is 0.128 e. The monoisotopic (exact) mass is 407 g/mol. The van der Waals surface area contributed by atoms with Crippen LogP contribution in [0.2, 0.25) is 0 Å². The van der Waals surface area contributed by atoms with E-state index >= 15 is 0 Å². The largest absolute Gasteiger partial charge is 0.549 e. The number of fused-ring (bicyclic) bond motifs is 1. The number of halogens is 1. The van der Waals surface area contributed by atoms with Crippen LogP contribution in [-0.4, -0.2) is 21.2 Å². The molecule has 0 aliphatic heterocycles. The molecule has 0 amide bonds. The molecule has 3 aromatic rings. The first-order valence-electron chi connectivity index (χ1n) is 6.95. The highest BCUT2D eigenvalue weighted by Gasteiger charge is 2.17. The Morgan fingerprint density at radius 1 is 1.35 bits per heavy atom. The van der Waals surface area contributed by atoms with Gasteiger partial charge < -0.3 is 9.90 Å². The zero-order valence-corrected chi connectivity index (χ0v) is 15.4. The van der Waals surface area contributed by atoms with Gasteiger partial charge in [0.15, 0.2) is 0 Å². The Labute approximate surface area is 150 Å². The van der Waals surface area contributed by atoms with Gasteiger partial charge in [-0.15, -0.1) is 11.3 Å². The first-order valence-corrected chi connectivity index (χ1v) is 9.51. The lowest BCUT2D eigenvalue weighted by Gasteiger charge is -2.15. The number of hydrogen-bond acceptors (Lipinski definition) is 6. The second-order valence-electron chi connectivity index (χ2n) is 4.85. The minimum absolute atomic E-state index is 0.482. The molecule has 0 aliphatic rings. The number of aromatic nitrogens is 2. The third-order valence-electron chi connectivity index (χ3n) is 3.38. The number of nitrogens with zero attached hydrogens (tertiary/aromatic N) is 2. The maximum absolute atomic E-state index is 11.2. The summed E-state index contributed by atoms with van der Waals surface area (Å²) >= 11 is 6.19. The fourth-order valence-corrected chi connectivity index (χ4v) is 4.42. The predicted molar refractivity (Wildman–Crippen MR) is 95.5 cm³/mol. The summed E-state index contributed by atoms with van der Waals surface area (Å²) in [4.78, 5) is 20.7. The van der Waals surface area contributed by atoms with E-state index in [4.69, 9.17) is 0 Å². The fourth-order valence-electron chi connectivity index (χ4n) is 2.21. The molecule has 7 heteroatoms. The molecule has 1 atom stereocenters. The zero-order chi connectivity index (χ0) is 16.4. The number of benzene rings is 1. The lowest BCUT2D eigenvalue weighted by molar-refractivity contribution is -0.304. The van der Waals surface area contributed by atoms with Crippen molar-refractivity contribution in [2.75, 3.05) is 0 Å². The van der Waals surface area contributed by atoms with Gasteiger partial charge in [0, 0.05) is 15.4 Å². The summed E-state index contributed by atoms with van der Waals surface area (Å²) in [7, 11) is 0. The summed E-state index contributed by atoms with van der Waals surface area (Å²) in [6, 6.07) is 7.99. The summed E-state index contributed by atoms with van der Waals surface area (Å²) in [6.07, 6.45) is 1.96. The van der Waals surface area contributed by atoms with Crippen molar-refractivity contribution in [2.45, 2.75) is 23.6 Å². The summed E-state index contributed by atoms with van der Waals surface area (Å²) < 4.78 is 1.01. The van der Waals surface area contributed by atoms with Gasteiger partial charge in [0.25, 0.3) is 0 Å². The van der Waals surface area contributed by atoms with Crippen molar-refractivity contribution in [3.05, 3.63) is 40.4 Å². The normalized spacial score (nSPS) is 12.4. The van der Waals surface area contributed by atoms with Gasteiger partial charge in [-0.2, -0.15) is 0 Å². The first-order chi connectivity index (χ1) is 11.1. The molecular formula is C16H12BrN2O2S2-. The topological polar surface area (TPSA) is 65.9 Å². The van der Waals surface area contributed by atoms with Gasteiger partial charge in [-0.3, -0.25) is 0 Å². The average Bonchev–Trinajstić information content (AvgIpc) is 2.98. The minimum atomic E-state index is -1.07. The van der Waals surface area contributed by atoms with E-state index in [1.54, 1.807) is 0 Å². The highest BCUT2D eigenvalue weighted by atomic mass is 79.9. The number of carbonyl (C=O) groups is 1. The minimum Gasteiger partial charge on any atom is -0.549 e. The molecule has 0 N–H and O–H groups in total. The smallest absolute Gasteiger partial charge is 0.128 e. The van der Waals surface area contributed by atoms with E-state index in [1.807, 2.05) is 36.6 Å². The molecule has 2 heterocycles. The molecule has 1 aromatic carbocycles. The molecule has 118 valence electrons. The number of thioether (sulfide) groups is 1. The van der Waals surface area contributed by atoms with Gasteiger partial charge in [-0.1, -0.05) is 46.7 Å². The molecule has 0 radical (unpaired) electrons. The molecule has 2 aromatic heterocycles. The third-order valence-corrected chi connectivity index (χ3v) is 6.14. The van der Waals surface area contributed by atoms with Crippen LogP contribution >= 0.6 is 39.0 Å². The van der Waals surface area contributed by atoms with Crippen molar-refractivity contribution in [1.82, 2.24) is 9.97 Å². The molecular weight excluding hydrogens is 396 g/mol. The summed E-state index contributed by atoms with van der Waals surface area (Å²) in [5.41, 5.74) is 2.08. The van der Waals surface area contributed by atoms with Gasteiger partial charge in [-0.25, -0.2) is 9.97 Å². The predicted octanol–water partition coefficient (Wildman–Crippen LogP) is 3.74. The lowest BCUT2D eigenvalue weighted by atomic mass is 10.1. The van der Waals surface area contributed by atoms with E-state index in [9.17, 15) is 9.90 Å². The van der Waals surface area contributed by atoms with Crippen molar-refractivity contribution in [3.8, 4) is 11.1 Å². The lowest BCUT2D eigenvalue weighted by Crippen LogP contribution is -2.33. The Morgan fingerprint density at radius 2 is 2.09 bits per heavy atom. The Hall–Kier alpha value is -1.44. The molecule has 23 heavy (non-hydrogen) atoms. The molecule has 0 saturated heterocycles. The van der Waals surface area contributed by atoms with Crippen molar-refractivity contribution in [2.24, 2.45) is 0 Å². The quantitative estimate of drug-likeness (QED) is 0.475. The standard InChI is InChI=1S/C16H13BrN2O2S2/c1-2-12(16(20)21)23-15-13-11(7-22-14(13)18-8-19-15)9-3-5-10(17)6-4-9/h3-8,12H,2H2,1H3,(H,20,21)/p-1/t12-/m0/s1. The molecule has 4 nitrogen and oxygen atoms in total. The summed E-state index contributed by atoms with van der Waals surface area (Å²) in [5.74, 6) is -1.07. The second kappa shape index (κ2) is 6.98. The summed E-state index contributed by atoms with van der Waals surface area (Å²) in [6.45, 7) is 1.83. The molecule has 0 aliphatic carbocycles. The van der Waals surface area contributed by atoms with Crippen molar-refractivity contribution in [1.29, 1.82) is 0 Å². The summed E-state index contributed by atoms with van der Waals surface area (Å²) in [5, 5.41) is 14.2. The first kappa shape index (κ1) is 16.4.